The lowest BCUT2D eigenvalue weighted by Crippen LogP contribution is -2.55. The lowest BCUT2D eigenvalue weighted by atomic mass is 9.91. The molecular formula is C68H120N4O24. The molecule has 10 unspecified atom stereocenters. The van der Waals surface area contributed by atoms with Gasteiger partial charge >= 0.3 is 11.9 Å². The number of ketones is 2. The van der Waals surface area contributed by atoms with Crippen LogP contribution in [0.1, 0.15) is 194 Å². The Hall–Kier alpha value is -4.40. The molecule has 28 nitrogen and oxygen atoms in total. The molecule has 0 saturated carbocycles. The van der Waals surface area contributed by atoms with Crippen molar-refractivity contribution in [1.29, 1.82) is 0 Å². The highest BCUT2D eigenvalue weighted by atomic mass is 16.7. The molecule has 4 amide bonds. The Morgan fingerprint density at radius 3 is 1.49 bits per heavy atom. The number of Topliss-reactive ketones (excluding diaryl/α,β-unsaturated/α-hetero) is 2. The second-order valence-corrected chi connectivity index (χ2v) is 25.7. The summed E-state index contributed by atoms with van der Waals surface area (Å²) in [6.07, 6.45) is 6.93. The summed E-state index contributed by atoms with van der Waals surface area (Å²) in [5, 5.41) is 67.8. The van der Waals surface area contributed by atoms with E-state index in [-0.39, 0.29) is 170 Å². The second-order valence-electron chi connectivity index (χ2n) is 25.7. The van der Waals surface area contributed by atoms with Crippen LogP contribution in [0.4, 0.5) is 0 Å². The van der Waals surface area contributed by atoms with Crippen LogP contribution in [-0.4, -0.2) is 257 Å². The van der Waals surface area contributed by atoms with Crippen LogP contribution in [0.5, 0.6) is 0 Å². The number of rotatable bonds is 57. The average molecular weight is 1380 g/mol. The van der Waals surface area contributed by atoms with Crippen LogP contribution in [-0.2, 0) is 85.7 Å². The monoisotopic (exact) mass is 1380 g/mol. The lowest BCUT2D eigenvalue weighted by Gasteiger charge is -2.40. The smallest absolute Gasteiger partial charge is 0.305 e. The largest absolute Gasteiger partial charge is 0.466 e. The number of hydrogen-bond donors (Lipinski definition) is 9. The van der Waals surface area contributed by atoms with Gasteiger partial charge in [-0.25, -0.2) is 0 Å². The summed E-state index contributed by atoms with van der Waals surface area (Å²) in [7, 11) is 3.25. The summed E-state index contributed by atoms with van der Waals surface area (Å²) in [5.74, 6) is -2.32. The van der Waals surface area contributed by atoms with Crippen molar-refractivity contribution in [1.82, 2.24) is 20.9 Å². The van der Waals surface area contributed by atoms with Gasteiger partial charge in [0.1, 0.15) is 36.8 Å². The summed E-state index contributed by atoms with van der Waals surface area (Å²) < 4.78 is 55.2. The van der Waals surface area contributed by atoms with Gasteiger partial charge < -0.3 is 98.9 Å². The summed E-state index contributed by atoms with van der Waals surface area (Å²) in [5.41, 5.74) is 0. The van der Waals surface area contributed by atoms with E-state index in [1.165, 1.54) is 0 Å². The minimum absolute atomic E-state index is 0.00158. The van der Waals surface area contributed by atoms with E-state index in [4.69, 9.17) is 47.4 Å². The fourth-order valence-corrected chi connectivity index (χ4v) is 11.7. The molecule has 0 spiro atoms. The van der Waals surface area contributed by atoms with Crippen molar-refractivity contribution in [3.8, 4) is 0 Å². The Morgan fingerprint density at radius 2 is 0.969 bits per heavy atom. The number of amides is 4. The fraction of sp³-hybridized carbons (Fsp3) is 0.882. The van der Waals surface area contributed by atoms with E-state index in [2.05, 4.69) is 16.0 Å². The molecule has 96 heavy (non-hydrogen) atoms. The van der Waals surface area contributed by atoms with Crippen LogP contribution in [0.15, 0.2) is 0 Å². The predicted molar refractivity (Wildman–Crippen MR) is 349 cm³/mol. The first kappa shape index (κ1) is 85.8. The molecule has 3 aliphatic rings. The molecule has 3 rings (SSSR count). The molecule has 0 aromatic carbocycles. The lowest BCUT2D eigenvalue weighted by molar-refractivity contribution is -0.282. The van der Waals surface area contributed by atoms with Gasteiger partial charge in [0.15, 0.2) is 18.4 Å². The normalized spacial score (nSPS) is 23.7. The van der Waals surface area contributed by atoms with Crippen molar-refractivity contribution in [2.75, 3.05) is 113 Å². The predicted octanol–water partition coefficient (Wildman–Crippen LogP) is 3.19. The Kier molecular flexibility index (Phi) is 47.0. The molecular weight excluding hydrogens is 1260 g/mol. The van der Waals surface area contributed by atoms with E-state index in [0.717, 1.165) is 57.8 Å². The highest BCUT2D eigenvalue weighted by Gasteiger charge is 2.44. The molecule has 0 aliphatic carbocycles. The topological polar surface area (TPSA) is 390 Å². The van der Waals surface area contributed by atoms with E-state index in [1.807, 2.05) is 4.90 Å². The van der Waals surface area contributed by atoms with E-state index >= 15 is 0 Å². The number of aliphatic hydroxyl groups is 6. The van der Waals surface area contributed by atoms with Crippen molar-refractivity contribution in [3.05, 3.63) is 0 Å². The maximum atomic E-state index is 13.2. The maximum Gasteiger partial charge on any atom is 0.305 e. The van der Waals surface area contributed by atoms with Gasteiger partial charge in [0.25, 0.3) is 0 Å². The standard InChI is InChI=1S/C68H120N4O24/c1-48-63(83)65(85)55(44-73)95-67(48)93-36-19-24-57(77)69-31-15-9-5-7-11-27-61(81)91-34-17-21-50(22-18-35-92-62(82)28-12-8-6-10-16-32-70-58(78)25-20-37-94-68-49(2)64(84)66(86)56(45-74)96-68)41-52(75)29-30-59(79)71-33-38-89-39-40-90-47-53(76)23-13-14-26-60(80)72-43-54(88-4)42-51(72)46-87-3/h48-51,54-56,63-68,73-74,83-86H,5-47H2,1-4H3,(H,69,77)(H,70,78)(H,71,79)/t48?,49?,50?,51-,54+,55?,56?,63?,64?,65?,66?,67?,68?/m1/s1. The minimum atomic E-state index is -1.21. The zero-order chi connectivity index (χ0) is 70.3. The molecule has 556 valence electrons. The van der Waals surface area contributed by atoms with Crippen molar-refractivity contribution >= 4 is 47.1 Å². The van der Waals surface area contributed by atoms with E-state index in [0.29, 0.717) is 103 Å². The third-order valence-corrected chi connectivity index (χ3v) is 17.7. The SMILES string of the molecule is COC[C@H]1C[C@H](OC)CN1C(=O)CCCCC(=O)COCCOCCNC(=O)CCC(=O)CC(CCCOC(=O)CCCCCCCNC(=O)CCCOC1OC(CO)C(O)C(O)C1C)CCCOC(=O)CCCCCCCNC(=O)CCCOC1OC(CO)C(O)C(O)C1C. The van der Waals surface area contributed by atoms with Crippen molar-refractivity contribution in [3.63, 3.8) is 0 Å². The molecule has 3 saturated heterocycles. The quantitative estimate of drug-likeness (QED) is 0.0312. The molecule has 28 heteroatoms. The molecule has 0 bridgehead atoms. The first-order valence-electron chi connectivity index (χ1n) is 35.4. The molecule has 3 aliphatic heterocycles. The van der Waals surface area contributed by atoms with Gasteiger partial charge in [0, 0.05) is 110 Å². The van der Waals surface area contributed by atoms with Crippen LogP contribution in [0.3, 0.4) is 0 Å². The number of nitrogens with one attached hydrogen (secondary N) is 3. The third-order valence-electron chi connectivity index (χ3n) is 17.7. The Labute approximate surface area is 568 Å². The minimum Gasteiger partial charge on any atom is -0.466 e. The van der Waals surface area contributed by atoms with Crippen molar-refractivity contribution < 1.29 is 116 Å². The van der Waals surface area contributed by atoms with E-state index in [9.17, 15) is 69.0 Å². The summed E-state index contributed by atoms with van der Waals surface area (Å²) >= 11 is 0. The van der Waals surface area contributed by atoms with Crippen molar-refractivity contribution in [2.45, 2.75) is 255 Å². The van der Waals surface area contributed by atoms with Gasteiger partial charge in [0.2, 0.25) is 23.6 Å². The van der Waals surface area contributed by atoms with E-state index < -0.39 is 74.3 Å². The molecule has 3 fully saturated rings. The second kappa shape index (κ2) is 52.6. The van der Waals surface area contributed by atoms with Crippen LogP contribution in [0.25, 0.3) is 0 Å². The first-order chi connectivity index (χ1) is 46.3. The molecule has 0 radical (unpaired) electrons. The first-order valence-corrected chi connectivity index (χ1v) is 35.4. The fourth-order valence-electron chi connectivity index (χ4n) is 11.7. The van der Waals surface area contributed by atoms with Crippen LogP contribution in [0.2, 0.25) is 0 Å². The summed E-state index contributed by atoms with van der Waals surface area (Å²) in [4.78, 5) is 103. The van der Waals surface area contributed by atoms with Crippen LogP contribution < -0.4 is 16.0 Å². The Bertz CT molecular complexity index is 2070. The number of unbranched alkanes of at least 4 members (excludes halogenated alkanes) is 9. The molecule has 3 heterocycles. The molecule has 9 N–H and O–H groups in total. The van der Waals surface area contributed by atoms with Crippen LogP contribution in [0, 0.1) is 17.8 Å². The maximum absolute atomic E-state index is 13.2. The van der Waals surface area contributed by atoms with Gasteiger partial charge in [-0.2, -0.15) is 0 Å². The Balaban J connectivity index is 1.26. The summed E-state index contributed by atoms with van der Waals surface area (Å²) in [6.45, 7) is 6.10. The van der Waals surface area contributed by atoms with Gasteiger partial charge in [-0.1, -0.05) is 52.4 Å². The highest BCUT2D eigenvalue weighted by molar-refractivity contribution is 5.85. The number of hydrogen-bond acceptors (Lipinski definition) is 24. The molecule has 12 atom stereocenters. The summed E-state index contributed by atoms with van der Waals surface area (Å²) in [6, 6.07) is -0.00754. The molecule has 0 aromatic heterocycles. The average Bonchev–Trinajstić information content (AvgIpc) is 0.927. The highest BCUT2D eigenvalue weighted by Crippen LogP contribution is 2.29. The number of esters is 2. The zero-order valence-corrected chi connectivity index (χ0v) is 57.9. The van der Waals surface area contributed by atoms with Gasteiger partial charge in [0.05, 0.1) is 90.4 Å². The van der Waals surface area contributed by atoms with Crippen molar-refractivity contribution in [2.24, 2.45) is 17.8 Å². The van der Waals surface area contributed by atoms with Crippen LogP contribution >= 0.6 is 0 Å². The van der Waals surface area contributed by atoms with E-state index in [1.54, 1.807) is 28.1 Å². The Morgan fingerprint density at radius 1 is 0.490 bits per heavy atom. The number of nitrogens with zero attached hydrogens (tertiary/aromatic N) is 1. The zero-order valence-electron chi connectivity index (χ0n) is 57.9. The molecule has 0 aromatic rings. The van der Waals surface area contributed by atoms with Gasteiger partial charge in [-0.3, -0.25) is 38.4 Å². The van der Waals surface area contributed by atoms with Gasteiger partial charge in [-0.15, -0.1) is 0 Å². The number of methoxy groups -OCH3 is 2. The number of carbonyl (C=O) groups is 8. The van der Waals surface area contributed by atoms with Gasteiger partial charge in [-0.05, 0) is 89.4 Å². The third kappa shape index (κ3) is 37.1. The number of likely N-dealkylation sites (tertiary alicyclic amines) is 1. The number of carbonyl (C=O) groups excluding carboxylic acids is 8. The number of ether oxygens (including phenoxy) is 10. The number of aliphatic hydroxyl groups excluding tert-OH is 6.